The van der Waals surface area contributed by atoms with Crippen molar-refractivity contribution >= 4 is 13.6 Å². The third-order valence-electron chi connectivity index (χ3n) is 3.28. The van der Waals surface area contributed by atoms with E-state index in [4.69, 9.17) is 13.8 Å². The number of methoxy groups -OCH3 is 1. The summed E-state index contributed by atoms with van der Waals surface area (Å²) in [5.74, 6) is -0.624. The van der Waals surface area contributed by atoms with Gasteiger partial charge in [0.25, 0.3) is 0 Å². The van der Waals surface area contributed by atoms with Gasteiger partial charge in [-0.15, -0.1) is 0 Å². The maximum atomic E-state index is 12.9. The van der Waals surface area contributed by atoms with Crippen LogP contribution in [0.2, 0.25) is 0 Å². The smallest absolute Gasteiger partial charge is 0.340 e. The van der Waals surface area contributed by atoms with E-state index in [1.54, 1.807) is 24.3 Å². The van der Waals surface area contributed by atoms with Gasteiger partial charge in [0.05, 0.1) is 13.3 Å². The predicted octanol–water partition coefficient (Wildman–Crippen LogP) is 3.96. The van der Waals surface area contributed by atoms with Crippen molar-refractivity contribution in [2.45, 2.75) is 12.3 Å². The SMILES string of the molecule is COC(=O)[C@@H](OP(=O)(Cc1ccccc1)OC)c1ccccc1. The lowest BCUT2D eigenvalue weighted by Crippen LogP contribution is -2.17. The topological polar surface area (TPSA) is 61.8 Å². The van der Waals surface area contributed by atoms with Crippen LogP contribution in [-0.4, -0.2) is 20.2 Å². The number of carbonyl (C=O) groups is 1. The number of hydrogen-bond donors (Lipinski definition) is 0. The Kier molecular flexibility index (Phi) is 6.11. The lowest BCUT2D eigenvalue weighted by molar-refractivity contribution is -0.149. The van der Waals surface area contributed by atoms with Crippen LogP contribution in [0, 0.1) is 0 Å². The molecule has 0 aliphatic rings. The quantitative estimate of drug-likeness (QED) is 0.566. The Morgan fingerprint density at radius 2 is 1.57 bits per heavy atom. The number of esters is 1. The van der Waals surface area contributed by atoms with Crippen LogP contribution >= 0.6 is 7.60 Å². The molecule has 1 unspecified atom stereocenters. The molecule has 0 bridgehead atoms. The number of benzene rings is 2. The molecular formula is C17H19O5P. The van der Waals surface area contributed by atoms with Gasteiger partial charge in [0, 0.05) is 7.11 Å². The number of hydrogen-bond acceptors (Lipinski definition) is 5. The van der Waals surface area contributed by atoms with Gasteiger partial charge in [0.2, 0.25) is 0 Å². The molecule has 0 fully saturated rings. The van der Waals surface area contributed by atoms with Gasteiger partial charge in [0.1, 0.15) is 0 Å². The maximum Gasteiger partial charge on any atom is 0.340 e. The molecule has 2 aromatic carbocycles. The van der Waals surface area contributed by atoms with E-state index in [-0.39, 0.29) is 6.16 Å². The van der Waals surface area contributed by atoms with Gasteiger partial charge in [-0.05, 0) is 11.1 Å². The lowest BCUT2D eigenvalue weighted by Gasteiger charge is -2.22. The highest BCUT2D eigenvalue weighted by molar-refractivity contribution is 7.53. The summed E-state index contributed by atoms with van der Waals surface area (Å²) in [7, 11) is -0.943. The van der Waals surface area contributed by atoms with Gasteiger partial charge in [-0.3, -0.25) is 9.09 Å². The minimum atomic E-state index is -3.51. The second-order valence-electron chi connectivity index (χ2n) is 4.86. The second-order valence-corrected chi connectivity index (χ2v) is 6.97. The van der Waals surface area contributed by atoms with Gasteiger partial charge in [-0.2, -0.15) is 0 Å². The maximum absolute atomic E-state index is 12.9. The Morgan fingerprint density at radius 1 is 1.00 bits per heavy atom. The molecule has 6 heteroatoms. The van der Waals surface area contributed by atoms with Crippen LogP contribution in [0.4, 0.5) is 0 Å². The lowest BCUT2D eigenvalue weighted by atomic mass is 10.1. The van der Waals surface area contributed by atoms with E-state index in [2.05, 4.69) is 0 Å². The Labute approximate surface area is 135 Å². The molecule has 5 nitrogen and oxygen atoms in total. The third-order valence-corrected chi connectivity index (χ3v) is 5.12. The first-order chi connectivity index (χ1) is 11.1. The standard InChI is InChI=1S/C17H19O5P/c1-20-17(18)16(15-11-7-4-8-12-15)22-23(19,21-2)13-14-9-5-3-6-10-14/h3-12,16H,13H2,1-2H3/t16-,23?/m0/s1. The summed E-state index contributed by atoms with van der Waals surface area (Å²) in [4.78, 5) is 12.0. The third kappa shape index (κ3) is 4.76. The van der Waals surface area contributed by atoms with Crippen LogP contribution in [0.1, 0.15) is 17.2 Å². The molecule has 0 amide bonds. The summed E-state index contributed by atoms with van der Waals surface area (Å²) >= 11 is 0. The van der Waals surface area contributed by atoms with E-state index < -0.39 is 19.7 Å². The van der Waals surface area contributed by atoms with Crippen LogP contribution in [0.3, 0.4) is 0 Å². The van der Waals surface area contributed by atoms with Gasteiger partial charge in [-0.1, -0.05) is 60.7 Å². The number of rotatable bonds is 7. The summed E-state index contributed by atoms with van der Waals surface area (Å²) in [6.45, 7) is 0. The minimum Gasteiger partial charge on any atom is -0.467 e. The van der Waals surface area contributed by atoms with Gasteiger partial charge >= 0.3 is 13.6 Å². The Hall–Kier alpha value is -1.94. The van der Waals surface area contributed by atoms with E-state index in [0.29, 0.717) is 5.56 Å². The first kappa shape index (κ1) is 17.4. The average Bonchev–Trinajstić information content (AvgIpc) is 2.60. The fraction of sp³-hybridized carbons (Fsp3) is 0.235. The molecule has 0 saturated carbocycles. The average molecular weight is 334 g/mol. The molecule has 0 spiro atoms. The van der Waals surface area contributed by atoms with E-state index >= 15 is 0 Å². The molecule has 0 heterocycles. The number of carbonyl (C=O) groups excluding carboxylic acids is 1. The highest BCUT2D eigenvalue weighted by atomic mass is 31.2. The second kappa shape index (κ2) is 8.06. The highest BCUT2D eigenvalue weighted by Gasteiger charge is 2.33. The molecule has 0 N–H and O–H groups in total. The van der Waals surface area contributed by atoms with E-state index in [1.807, 2.05) is 36.4 Å². The van der Waals surface area contributed by atoms with Crippen molar-refractivity contribution < 1.29 is 23.1 Å². The fourth-order valence-electron chi connectivity index (χ4n) is 2.09. The van der Waals surface area contributed by atoms with E-state index in [0.717, 1.165) is 5.56 Å². The zero-order valence-electron chi connectivity index (χ0n) is 13.0. The largest absolute Gasteiger partial charge is 0.467 e. The molecule has 0 aromatic heterocycles. The Morgan fingerprint density at radius 3 is 2.09 bits per heavy atom. The van der Waals surface area contributed by atoms with Crippen LogP contribution in [0.5, 0.6) is 0 Å². The van der Waals surface area contributed by atoms with Crippen LogP contribution < -0.4 is 0 Å². The molecule has 2 atom stereocenters. The fourth-order valence-corrected chi connectivity index (χ4v) is 3.56. The summed E-state index contributed by atoms with van der Waals surface area (Å²) in [6, 6.07) is 18.0. The van der Waals surface area contributed by atoms with E-state index in [1.165, 1.54) is 14.2 Å². The van der Waals surface area contributed by atoms with Crippen molar-refractivity contribution in [3.05, 3.63) is 71.8 Å². The normalized spacial score (nSPS) is 14.7. The first-order valence-electron chi connectivity index (χ1n) is 7.08. The molecule has 0 aliphatic carbocycles. The monoisotopic (exact) mass is 334 g/mol. The predicted molar refractivity (Wildman–Crippen MR) is 87.0 cm³/mol. The van der Waals surface area contributed by atoms with Crippen molar-refractivity contribution in [2.24, 2.45) is 0 Å². The van der Waals surface area contributed by atoms with Crippen LogP contribution in [0.25, 0.3) is 0 Å². The zero-order valence-corrected chi connectivity index (χ0v) is 13.9. The van der Waals surface area contributed by atoms with Crippen molar-refractivity contribution in [1.29, 1.82) is 0 Å². The zero-order chi connectivity index (χ0) is 16.7. The van der Waals surface area contributed by atoms with Crippen molar-refractivity contribution in [1.82, 2.24) is 0 Å². The van der Waals surface area contributed by atoms with E-state index in [9.17, 15) is 9.36 Å². The summed E-state index contributed by atoms with van der Waals surface area (Å²) in [5, 5.41) is 0. The summed E-state index contributed by atoms with van der Waals surface area (Å²) in [5.41, 5.74) is 1.36. The molecular weight excluding hydrogens is 315 g/mol. The van der Waals surface area contributed by atoms with Crippen LogP contribution in [0.15, 0.2) is 60.7 Å². The molecule has 2 rings (SSSR count). The Bertz CT molecular complexity index is 672. The summed E-state index contributed by atoms with van der Waals surface area (Å²) < 4.78 is 28.4. The number of ether oxygens (including phenoxy) is 1. The van der Waals surface area contributed by atoms with Gasteiger partial charge in [0.15, 0.2) is 6.10 Å². The van der Waals surface area contributed by atoms with Crippen molar-refractivity contribution in [3.63, 3.8) is 0 Å². The summed E-state index contributed by atoms with van der Waals surface area (Å²) in [6.07, 6.45) is -1.03. The molecule has 0 aliphatic heterocycles. The Balaban J connectivity index is 2.25. The van der Waals surface area contributed by atoms with Gasteiger partial charge < -0.3 is 9.26 Å². The van der Waals surface area contributed by atoms with Crippen molar-refractivity contribution in [2.75, 3.05) is 14.2 Å². The molecule has 122 valence electrons. The van der Waals surface area contributed by atoms with Crippen molar-refractivity contribution in [3.8, 4) is 0 Å². The molecule has 2 aromatic rings. The first-order valence-corrected chi connectivity index (χ1v) is 8.80. The molecule has 0 radical (unpaired) electrons. The molecule has 23 heavy (non-hydrogen) atoms. The molecule has 0 saturated heterocycles. The highest BCUT2D eigenvalue weighted by Crippen LogP contribution is 2.54. The minimum absolute atomic E-state index is 0.0741. The van der Waals surface area contributed by atoms with Gasteiger partial charge in [-0.25, -0.2) is 4.79 Å². The van der Waals surface area contributed by atoms with Crippen LogP contribution in [-0.2, 0) is 29.3 Å².